The molecule has 94 valence electrons. The van der Waals surface area contributed by atoms with Crippen LogP contribution in [0.4, 0.5) is 0 Å². The fraction of sp³-hybridized carbons (Fsp3) is 0.167. The molecule has 0 N–H and O–H groups in total. The number of aromatic nitrogens is 1. The molecule has 0 aliphatic heterocycles. The average Bonchev–Trinajstić information content (AvgIpc) is 2.38. The highest BCUT2D eigenvalue weighted by atomic mass is 14.7. The van der Waals surface area contributed by atoms with Gasteiger partial charge in [-0.15, -0.1) is 0 Å². The van der Waals surface area contributed by atoms with E-state index in [0.717, 1.165) is 11.2 Å². The number of hydrogen-bond acceptors (Lipinski definition) is 1. The minimum atomic E-state index is 1.05. The normalized spacial score (nSPS) is 10.9. The molecule has 3 aromatic rings. The van der Waals surface area contributed by atoms with Crippen LogP contribution in [-0.2, 0) is 0 Å². The maximum atomic E-state index is 4.81. The van der Waals surface area contributed by atoms with Gasteiger partial charge in [-0.05, 0) is 50.1 Å². The average molecular weight is 247 g/mol. The SMILES string of the molecule is Cc1cccc(-c2cc(C)c3c(C)cccc3n2)c1. The summed E-state index contributed by atoms with van der Waals surface area (Å²) in [6.45, 7) is 6.42. The molecule has 0 aliphatic carbocycles. The quantitative estimate of drug-likeness (QED) is 0.600. The van der Waals surface area contributed by atoms with E-state index in [2.05, 4.69) is 69.3 Å². The van der Waals surface area contributed by atoms with Crippen LogP contribution in [0.2, 0.25) is 0 Å². The molecular weight excluding hydrogens is 230 g/mol. The molecule has 1 heteroatoms. The Bertz CT molecular complexity index is 757. The van der Waals surface area contributed by atoms with Crippen molar-refractivity contribution in [3.8, 4) is 11.3 Å². The second-order valence-electron chi connectivity index (χ2n) is 5.16. The van der Waals surface area contributed by atoms with Crippen molar-refractivity contribution < 1.29 is 0 Å². The first kappa shape index (κ1) is 11.9. The lowest BCUT2D eigenvalue weighted by Crippen LogP contribution is -1.91. The second kappa shape index (κ2) is 4.51. The van der Waals surface area contributed by atoms with Gasteiger partial charge >= 0.3 is 0 Å². The summed E-state index contributed by atoms with van der Waals surface area (Å²) in [5.74, 6) is 0. The number of rotatable bonds is 1. The van der Waals surface area contributed by atoms with E-state index in [1.54, 1.807) is 0 Å². The Balaban J connectivity index is 2.27. The molecule has 0 amide bonds. The van der Waals surface area contributed by atoms with Gasteiger partial charge in [0.15, 0.2) is 0 Å². The van der Waals surface area contributed by atoms with Crippen LogP contribution in [0.3, 0.4) is 0 Å². The third-order valence-electron chi connectivity index (χ3n) is 3.55. The van der Waals surface area contributed by atoms with Gasteiger partial charge in [-0.25, -0.2) is 4.98 Å². The number of benzene rings is 2. The summed E-state index contributed by atoms with van der Waals surface area (Å²) in [5.41, 5.74) is 7.17. The largest absolute Gasteiger partial charge is 0.248 e. The monoisotopic (exact) mass is 247 g/mol. The maximum Gasteiger partial charge on any atom is 0.0714 e. The van der Waals surface area contributed by atoms with Gasteiger partial charge in [0, 0.05) is 10.9 Å². The molecule has 1 nitrogen and oxygen atoms in total. The molecule has 0 bridgehead atoms. The van der Waals surface area contributed by atoms with E-state index in [1.807, 2.05) is 0 Å². The van der Waals surface area contributed by atoms with Gasteiger partial charge in [-0.3, -0.25) is 0 Å². The van der Waals surface area contributed by atoms with Crippen LogP contribution in [0.1, 0.15) is 16.7 Å². The van der Waals surface area contributed by atoms with Gasteiger partial charge in [-0.2, -0.15) is 0 Å². The molecule has 0 radical (unpaired) electrons. The summed E-state index contributed by atoms with van der Waals surface area (Å²) in [4.78, 5) is 4.81. The van der Waals surface area contributed by atoms with E-state index in [-0.39, 0.29) is 0 Å². The number of pyridine rings is 1. The van der Waals surface area contributed by atoms with E-state index in [9.17, 15) is 0 Å². The minimum absolute atomic E-state index is 1.05. The van der Waals surface area contributed by atoms with Gasteiger partial charge in [0.25, 0.3) is 0 Å². The van der Waals surface area contributed by atoms with Crippen LogP contribution in [0.25, 0.3) is 22.2 Å². The summed E-state index contributed by atoms with van der Waals surface area (Å²) < 4.78 is 0. The van der Waals surface area contributed by atoms with Crippen LogP contribution in [0.5, 0.6) is 0 Å². The van der Waals surface area contributed by atoms with Crippen LogP contribution in [-0.4, -0.2) is 4.98 Å². The molecule has 0 atom stereocenters. The molecule has 3 rings (SSSR count). The number of hydrogen-bond donors (Lipinski definition) is 0. The number of nitrogens with zero attached hydrogens (tertiary/aromatic N) is 1. The van der Waals surface area contributed by atoms with Gasteiger partial charge in [-0.1, -0.05) is 35.9 Å². The van der Waals surface area contributed by atoms with Crippen LogP contribution < -0.4 is 0 Å². The summed E-state index contributed by atoms with van der Waals surface area (Å²) in [6, 6.07) is 17.0. The van der Waals surface area contributed by atoms with Crippen molar-refractivity contribution in [3.05, 3.63) is 65.2 Å². The van der Waals surface area contributed by atoms with Gasteiger partial charge in [0.2, 0.25) is 0 Å². The number of aryl methyl sites for hydroxylation is 3. The zero-order chi connectivity index (χ0) is 13.4. The molecule has 0 unspecified atom stereocenters. The summed E-state index contributed by atoms with van der Waals surface area (Å²) in [6.07, 6.45) is 0. The Morgan fingerprint density at radius 2 is 1.58 bits per heavy atom. The Kier molecular flexibility index (Phi) is 2.83. The summed E-state index contributed by atoms with van der Waals surface area (Å²) >= 11 is 0. The molecule has 1 aromatic heterocycles. The fourth-order valence-electron chi connectivity index (χ4n) is 2.65. The van der Waals surface area contributed by atoms with Crippen LogP contribution in [0, 0.1) is 20.8 Å². The Labute approximate surface area is 113 Å². The molecule has 2 aromatic carbocycles. The third-order valence-corrected chi connectivity index (χ3v) is 3.55. The molecule has 1 heterocycles. The first-order chi connectivity index (χ1) is 9.15. The van der Waals surface area contributed by atoms with Crippen molar-refractivity contribution in [2.75, 3.05) is 0 Å². The van der Waals surface area contributed by atoms with Crippen molar-refractivity contribution in [3.63, 3.8) is 0 Å². The third kappa shape index (κ3) is 2.12. The molecule has 0 spiro atoms. The van der Waals surface area contributed by atoms with E-state index < -0.39 is 0 Å². The molecule has 0 saturated heterocycles. The Hall–Kier alpha value is -2.15. The molecule has 0 aliphatic rings. The first-order valence-electron chi connectivity index (χ1n) is 6.59. The van der Waals surface area contributed by atoms with Crippen molar-refractivity contribution >= 4 is 10.9 Å². The van der Waals surface area contributed by atoms with Gasteiger partial charge in [0.05, 0.1) is 11.2 Å². The predicted molar refractivity (Wildman–Crippen MR) is 81.4 cm³/mol. The van der Waals surface area contributed by atoms with Crippen molar-refractivity contribution in [1.82, 2.24) is 4.98 Å². The standard InChI is InChI=1S/C18H17N/c1-12-6-4-8-15(10-12)17-11-14(3)18-13(2)7-5-9-16(18)19-17/h4-11H,1-3H3. The highest BCUT2D eigenvalue weighted by molar-refractivity contribution is 5.87. The van der Waals surface area contributed by atoms with Crippen molar-refractivity contribution in [2.45, 2.75) is 20.8 Å². The van der Waals surface area contributed by atoms with Crippen LogP contribution >= 0.6 is 0 Å². The lowest BCUT2D eigenvalue weighted by atomic mass is 10.0. The smallest absolute Gasteiger partial charge is 0.0714 e. The van der Waals surface area contributed by atoms with E-state index in [0.29, 0.717) is 0 Å². The van der Waals surface area contributed by atoms with Crippen molar-refractivity contribution in [2.24, 2.45) is 0 Å². The summed E-state index contributed by atoms with van der Waals surface area (Å²) in [7, 11) is 0. The predicted octanol–water partition coefficient (Wildman–Crippen LogP) is 4.83. The van der Waals surface area contributed by atoms with E-state index in [4.69, 9.17) is 4.98 Å². The Morgan fingerprint density at radius 1 is 0.789 bits per heavy atom. The first-order valence-corrected chi connectivity index (χ1v) is 6.59. The zero-order valence-electron chi connectivity index (χ0n) is 11.6. The Morgan fingerprint density at radius 3 is 2.37 bits per heavy atom. The number of fused-ring (bicyclic) bond motifs is 1. The fourth-order valence-corrected chi connectivity index (χ4v) is 2.65. The molecule has 0 fully saturated rings. The minimum Gasteiger partial charge on any atom is -0.248 e. The summed E-state index contributed by atoms with van der Waals surface area (Å²) in [5, 5.41) is 1.28. The highest BCUT2D eigenvalue weighted by Gasteiger charge is 2.06. The van der Waals surface area contributed by atoms with Gasteiger partial charge < -0.3 is 0 Å². The lowest BCUT2D eigenvalue weighted by Gasteiger charge is -2.09. The van der Waals surface area contributed by atoms with Crippen LogP contribution in [0.15, 0.2) is 48.5 Å². The molecular formula is C18H17N. The molecule has 0 saturated carbocycles. The van der Waals surface area contributed by atoms with E-state index in [1.165, 1.54) is 27.6 Å². The van der Waals surface area contributed by atoms with Crippen molar-refractivity contribution in [1.29, 1.82) is 0 Å². The lowest BCUT2D eigenvalue weighted by molar-refractivity contribution is 1.33. The zero-order valence-corrected chi connectivity index (χ0v) is 11.6. The van der Waals surface area contributed by atoms with E-state index >= 15 is 0 Å². The highest BCUT2D eigenvalue weighted by Crippen LogP contribution is 2.26. The maximum absolute atomic E-state index is 4.81. The topological polar surface area (TPSA) is 12.9 Å². The van der Waals surface area contributed by atoms with Gasteiger partial charge in [0.1, 0.15) is 0 Å². The second-order valence-corrected chi connectivity index (χ2v) is 5.16. The molecule has 19 heavy (non-hydrogen) atoms.